The van der Waals surface area contributed by atoms with Crippen LogP contribution >= 0.6 is 0 Å². The van der Waals surface area contributed by atoms with Gasteiger partial charge in [-0.15, -0.1) is 0 Å². The normalized spacial score (nSPS) is 18.3. The predicted octanol–water partition coefficient (Wildman–Crippen LogP) is 4.22. The molecule has 2 aromatic heterocycles. The minimum Gasteiger partial charge on any atom is -0.444 e. The van der Waals surface area contributed by atoms with Gasteiger partial charge in [0, 0.05) is 63.4 Å². The van der Waals surface area contributed by atoms with E-state index in [2.05, 4.69) is 44.0 Å². The lowest BCUT2D eigenvalue weighted by Crippen LogP contribution is -2.37. The number of fused-ring (bicyclic) bond motifs is 1. The average molecular weight is 505 g/mol. The van der Waals surface area contributed by atoms with Crippen LogP contribution in [-0.4, -0.2) is 84.5 Å². The van der Waals surface area contributed by atoms with E-state index < -0.39 is 5.60 Å². The van der Waals surface area contributed by atoms with Gasteiger partial charge in [-0.05, 0) is 51.3 Å². The predicted molar refractivity (Wildman–Crippen MR) is 145 cm³/mol. The number of morpholine rings is 1. The monoisotopic (exact) mass is 504 g/mol. The number of amides is 1. The first-order chi connectivity index (χ1) is 17.8. The lowest BCUT2D eigenvalue weighted by atomic mass is 10.1. The smallest absolute Gasteiger partial charge is 0.410 e. The zero-order valence-corrected chi connectivity index (χ0v) is 22.2. The molecule has 1 amide bonds. The van der Waals surface area contributed by atoms with Gasteiger partial charge < -0.3 is 24.2 Å². The summed E-state index contributed by atoms with van der Waals surface area (Å²) in [5, 5.41) is 0. The Labute approximate surface area is 218 Å². The number of carbonyl (C=O) groups is 1. The number of nitrogens with zero attached hydrogens (tertiary/aromatic N) is 6. The lowest BCUT2D eigenvalue weighted by molar-refractivity contribution is 0.0277. The number of anilines is 2. The molecule has 2 aliphatic rings. The number of hydrogen-bond donors (Lipinski definition) is 0. The Hall–Kier alpha value is -3.46. The highest BCUT2D eigenvalue weighted by atomic mass is 16.6. The molecule has 2 aliphatic heterocycles. The van der Waals surface area contributed by atoms with Crippen LogP contribution in [0.25, 0.3) is 22.3 Å². The molecule has 37 heavy (non-hydrogen) atoms. The van der Waals surface area contributed by atoms with Crippen LogP contribution in [0.4, 0.5) is 16.3 Å². The Kier molecular flexibility index (Phi) is 7.15. The topological polar surface area (TPSA) is 83.9 Å². The fourth-order valence-corrected chi connectivity index (χ4v) is 4.96. The van der Waals surface area contributed by atoms with Crippen LogP contribution in [0.2, 0.25) is 0 Å². The summed E-state index contributed by atoms with van der Waals surface area (Å²) in [4.78, 5) is 33.0. The first-order valence-electron chi connectivity index (χ1n) is 13.0. The maximum atomic E-state index is 12.4. The molecule has 2 fully saturated rings. The fourth-order valence-electron chi connectivity index (χ4n) is 4.96. The highest BCUT2D eigenvalue weighted by molar-refractivity contribution is 5.89. The van der Waals surface area contributed by atoms with Crippen molar-refractivity contribution in [2.75, 3.05) is 62.8 Å². The fraction of sp³-hybridized carbons (Fsp3) is 0.500. The van der Waals surface area contributed by atoms with E-state index in [9.17, 15) is 4.79 Å². The molecule has 0 radical (unpaired) electrons. The number of benzene rings is 1. The summed E-state index contributed by atoms with van der Waals surface area (Å²) in [5.41, 5.74) is 4.25. The van der Waals surface area contributed by atoms with E-state index in [4.69, 9.17) is 14.5 Å². The third-order valence-electron chi connectivity index (χ3n) is 6.80. The first-order valence-corrected chi connectivity index (χ1v) is 13.0. The molecule has 3 aromatic rings. The molecule has 2 saturated heterocycles. The van der Waals surface area contributed by atoms with E-state index in [1.165, 1.54) is 5.69 Å². The average Bonchev–Trinajstić information content (AvgIpc) is 3.36. The van der Waals surface area contributed by atoms with Gasteiger partial charge in [-0.2, -0.15) is 0 Å². The van der Waals surface area contributed by atoms with Gasteiger partial charge in [-0.25, -0.2) is 14.8 Å². The molecule has 1 aromatic carbocycles. The number of ether oxygens (including phenoxy) is 2. The molecule has 9 heteroatoms. The Morgan fingerprint density at radius 1 is 1.08 bits per heavy atom. The molecular weight excluding hydrogens is 468 g/mol. The van der Waals surface area contributed by atoms with Gasteiger partial charge in [0.25, 0.3) is 0 Å². The summed E-state index contributed by atoms with van der Waals surface area (Å²) >= 11 is 0. The zero-order chi connectivity index (χ0) is 26.0. The first kappa shape index (κ1) is 25.2. The highest BCUT2D eigenvalue weighted by Gasteiger charge is 2.29. The zero-order valence-electron chi connectivity index (χ0n) is 22.2. The highest BCUT2D eigenvalue weighted by Crippen LogP contribution is 2.32. The molecule has 0 spiro atoms. The number of pyridine rings is 1. The Balaban J connectivity index is 1.35. The van der Waals surface area contributed by atoms with Crippen molar-refractivity contribution in [2.45, 2.75) is 32.8 Å². The van der Waals surface area contributed by atoms with Crippen LogP contribution in [0.15, 0.2) is 42.7 Å². The Morgan fingerprint density at radius 2 is 1.81 bits per heavy atom. The Bertz CT molecular complexity index is 1240. The maximum absolute atomic E-state index is 12.4. The van der Waals surface area contributed by atoms with Crippen molar-refractivity contribution in [3.05, 3.63) is 42.7 Å². The number of carbonyl (C=O) groups excluding carboxylic acids is 1. The quantitative estimate of drug-likeness (QED) is 0.511. The molecular formula is C28H36N6O3. The molecule has 9 nitrogen and oxygen atoms in total. The molecule has 196 valence electrons. The van der Waals surface area contributed by atoms with Crippen molar-refractivity contribution in [1.29, 1.82) is 0 Å². The maximum Gasteiger partial charge on any atom is 0.410 e. The second-order valence-corrected chi connectivity index (χ2v) is 10.9. The summed E-state index contributed by atoms with van der Waals surface area (Å²) in [6.45, 7) is 11.3. The summed E-state index contributed by atoms with van der Waals surface area (Å²) < 4.78 is 11.0. The van der Waals surface area contributed by atoms with Gasteiger partial charge in [-0.1, -0.05) is 12.1 Å². The van der Waals surface area contributed by atoms with Crippen molar-refractivity contribution < 1.29 is 14.3 Å². The summed E-state index contributed by atoms with van der Waals surface area (Å²) in [6, 6.07) is 10.6. The molecule has 0 aliphatic carbocycles. The van der Waals surface area contributed by atoms with Crippen LogP contribution in [-0.2, 0) is 9.47 Å². The molecule has 5 rings (SSSR count). The number of aromatic nitrogens is 3. The van der Waals surface area contributed by atoms with Crippen LogP contribution in [0.5, 0.6) is 0 Å². The van der Waals surface area contributed by atoms with Gasteiger partial charge in [0.2, 0.25) is 0 Å². The van der Waals surface area contributed by atoms with Crippen molar-refractivity contribution >= 4 is 28.6 Å². The summed E-state index contributed by atoms with van der Waals surface area (Å²) in [5.74, 6) is 1.17. The van der Waals surface area contributed by atoms with Gasteiger partial charge in [0.05, 0.1) is 24.4 Å². The SMILES string of the molecule is CN(CC1CCN(c2nc(-c3ccc(N4CCOCC4)cc3)cc3nccnc23)C1)C(=O)OC(C)(C)C. The van der Waals surface area contributed by atoms with E-state index in [-0.39, 0.29) is 6.09 Å². The standard InChI is InChI=1S/C28H36N6O3/c1-28(2,3)37-27(35)32(4)18-20-9-12-34(19-20)26-25-24(29-10-11-30-25)17-23(31-26)21-5-7-22(8-6-21)33-13-15-36-16-14-33/h5-8,10-11,17,20H,9,12-16,18-19H2,1-4H3. The van der Waals surface area contributed by atoms with Gasteiger partial charge in [0.1, 0.15) is 11.1 Å². The third-order valence-corrected chi connectivity index (χ3v) is 6.80. The van der Waals surface area contributed by atoms with Crippen LogP contribution in [0, 0.1) is 5.92 Å². The Morgan fingerprint density at radius 3 is 2.54 bits per heavy atom. The van der Waals surface area contributed by atoms with Crippen LogP contribution in [0.1, 0.15) is 27.2 Å². The van der Waals surface area contributed by atoms with Crippen molar-refractivity contribution in [2.24, 2.45) is 5.92 Å². The minimum absolute atomic E-state index is 0.289. The van der Waals surface area contributed by atoms with E-state index >= 15 is 0 Å². The third kappa shape index (κ3) is 5.93. The molecule has 1 atom stereocenters. The molecule has 0 N–H and O–H groups in total. The van der Waals surface area contributed by atoms with Gasteiger partial charge in [-0.3, -0.25) is 4.98 Å². The van der Waals surface area contributed by atoms with E-state index in [0.29, 0.717) is 12.5 Å². The van der Waals surface area contributed by atoms with E-state index in [1.807, 2.05) is 26.8 Å². The molecule has 0 bridgehead atoms. The van der Waals surface area contributed by atoms with Crippen LogP contribution in [0.3, 0.4) is 0 Å². The second kappa shape index (κ2) is 10.5. The van der Waals surface area contributed by atoms with E-state index in [0.717, 1.165) is 73.9 Å². The van der Waals surface area contributed by atoms with Gasteiger partial charge >= 0.3 is 6.09 Å². The largest absolute Gasteiger partial charge is 0.444 e. The second-order valence-electron chi connectivity index (χ2n) is 10.9. The van der Waals surface area contributed by atoms with Crippen molar-refractivity contribution in [3.63, 3.8) is 0 Å². The summed E-state index contributed by atoms with van der Waals surface area (Å²) in [6.07, 6.45) is 4.12. The summed E-state index contributed by atoms with van der Waals surface area (Å²) in [7, 11) is 1.80. The minimum atomic E-state index is -0.505. The molecule has 1 unspecified atom stereocenters. The molecule has 0 saturated carbocycles. The number of rotatable bonds is 5. The van der Waals surface area contributed by atoms with Crippen molar-refractivity contribution in [3.8, 4) is 11.3 Å². The number of hydrogen-bond acceptors (Lipinski definition) is 8. The molecule has 4 heterocycles. The van der Waals surface area contributed by atoms with Crippen LogP contribution < -0.4 is 9.80 Å². The van der Waals surface area contributed by atoms with Crippen molar-refractivity contribution in [1.82, 2.24) is 19.9 Å². The lowest BCUT2D eigenvalue weighted by Gasteiger charge is -2.29. The van der Waals surface area contributed by atoms with Gasteiger partial charge in [0.15, 0.2) is 5.82 Å². The van der Waals surface area contributed by atoms with E-state index in [1.54, 1.807) is 24.3 Å².